The summed E-state index contributed by atoms with van der Waals surface area (Å²) in [6.45, 7) is 3.06. The maximum Gasteiger partial charge on any atom is 0.193 e. The molecule has 1 atom stereocenters. The molecule has 2 bridgehead atoms. The second-order valence-corrected chi connectivity index (χ2v) is 9.03. The summed E-state index contributed by atoms with van der Waals surface area (Å²) >= 11 is 9.13. The summed E-state index contributed by atoms with van der Waals surface area (Å²) < 4.78 is 5.37. The van der Waals surface area contributed by atoms with E-state index in [1.165, 1.54) is 4.90 Å². The predicted molar refractivity (Wildman–Crippen MR) is 115 cm³/mol. The third-order valence-corrected chi connectivity index (χ3v) is 7.70. The molecule has 1 saturated heterocycles. The topological polar surface area (TPSA) is 38.3 Å². The number of methoxy groups -OCH3 is 1. The zero-order valence-electron chi connectivity index (χ0n) is 14.8. The first kappa shape index (κ1) is 19.4. The molecule has 26 heavy (non-hydrogen) atoms. The number of ether oxygens (including phenoxy) is 1. The molecule has 5 rings (SSSR count). The van der Waals surface area contributed by atoms with Gasteiger partial charge in [-0.15, -0.1) is 23.5 Å². The molecule has 2 aromatic rings. The molecule has 3 nitrogen and oxygen atoms in total. The highest BCUT2D eigenvalue weighted by Gasteiger charge is 2.36. The van der Waals surface area contributed by atoms with E-state index in [0.29, 0.717) is 0 Å². The Morgan fingerprint density at radius 2 is 2.00 bits per heavy atom. The van der Waals surface area contributed by atoms with Gasteiger partial charge in [-0.3, -0.25) is 10.1 Å². The van der Waals surface area contributed by atoms with Crippen molar-refractivity contribution < 1.29 is 9.53 Å². The van der Waals surface area contributed by atoms with Gasteiger partial charge in [0.2, 0.25) is 0 Å². The van der Waals surface area contributed by atoms with Crippen LogP contribution in [0.1, 0.15) is 22.8 Å². The Morgan fingerprint density at radius 3 is 2.50 bits per heavy atom. The Hall–Kier alpha value is -1.34. The maximum atomic E-state index is 10.7. The number of nitrogens with one attached hydrogen (secondary N) is 1. The van der Waals surface area contributed by atoms with Crippen LogP contribution >= 0.6 is 35.7 Å². The van der Waals surface area contributed by atoms with Gasteiger partial charge < -0.3 is 4.74 Å². The molecule has 136 valence electrons. The van der Waals surface area contributed by atoms with Crippen LogP contribution in [0.15, 0.2) is 53.4 Å². The van der Waals surface area contributed by atoms with E-state index in [2.05, 4.69) is 11.4 Å². The van der Waals surface area contributed by atoms with Crippen molar-refractivity contribution in [2.75, 3.05) is 25.2 Å². The second kappa shape index (κ2) is 8.57. The average Bonchev–Trinajstić information content (AvgIpc) is 3.17. The lowest BCUT2D eigenvalue weighted by atomic mass is 9.92. The van der Waals surface area contributed by atoms with Gasteiger partial charge in [0.1, 0.15) is 10.6 Å². The summed E-state index contributed by atoms with van der Waals surface area (Å²) in [5, 5.41) is 3.54. The third kappa shape index (κ3) is 4.14. The quantitative estimate of drug-likeness (QED) is 0.501. The molecule has 0 amide bonds. The molecule has 0 spiro atoms. The highest BCUT2D eigenvalue weighted by atomic mass is 32.2. The van der Waals surface area contributed by atoms with Gasteiger partial charge in [0.05, 0.1) is 7.11 Å². The molecule has 6 heteroatoms. The van der Waals surface area contributed by atoms with Crippen molar-refractivity contribution in [3.63, 3.8) is 0 Å². The molecule has 1 fully saturated rings. The highest BCUT2D eigenvalue weighted by Crippen LogP contribution is 2.37. The molecular weight excluding hydrogens is 382 g/mol. The van der Waals surface area contributed by atoms with Gasteiger partial charge in [0.25, 0.3) is 0 Å². The lowest BCUT2D eigenvalue weighted by Gasteiger charge is -2.27. The molecule has 1 unspecified atom stereocenters. The van der Waals surface area contributed by atoms with Crippen molar-refractivity contribution in [1.82, 2.24) is 5.32 Å². The fraction of sp³-hybridized carbons (Fsp3) is 0.300. The molecule has 0 radical (unpaired) electrons. The standard InChI is InChI=1S/C13H17NOS3.C7H4O/c1-10(16)13(14-7-8-18-13)9-17-12-6-4-3-5-11(12)15-2;8-7-5-2-1-3-6(7)4-5/h3-6,14H,7-9H2,1-2H3;1-4H. The first-order chi connectivity index (χ1) is 12.6. The Morgan fingerprint density at radius 1 is 1.27 bits per heavy atom. The molecule has 0 saturated carbocycles. The monoisotopic (exact) mass is 403 g/mol. The number of thioether (sulfide) groups is 2. The summed E-state index contributed by atoms with van der Waals surface area (Å²) in [4.78, 5) is 12.8. The third-order valence-electron chi connectivity index (χ3n) is 4.32. The summed E-state index contributed by atoms with van der Waals surface area (Å²) in [5.74, 6) is 3.20. The van der Waals surface area contributed by atoms with Crippen LogP contribution in [-0.2, 0) is 0 Å². The largest absolute Gasteiger partial charge is 0.496 e. The molecule has 1 N–H and O–H groups in total. The van der Waals surface area contributed by atoms with Gasteiger partial charge in [0.15, 0.2) is 5.78 Å². The minimum absolute atomic E-state index is 0.0547. The number of carbonyl (C=O) groups excluding carboxylic acids is 1. The Balaban J connectivity index is 0.000000201. The number of fused-ring (bicyclic) bond motifs is 2. The number of hydrogen-bond acceptors (Lipinski definition) is 6. The number of carbonyl (C=O) groups is 1. The minimum atomic E-state index is -0.0547. The van der Waals surface area contributed by atoms with Gasteiger partial charge in [-0.1, -0.05) is 42.5 Å². The van der Waals surface area contributed by atoms with Crippen LogP contribution in [0, 0.1) is 0 Å². The zero-order valence-corrected chi connectivity index (χ0v) is 17.2. The number of rotatable bonds is 5. The van der Waals surface area contributed by atoms with Crippen LogP contribution in [0.2, 0.25) is 0 Å². The number of para-hydroxylation sites is 1. The van der Waals surface area contributed by atoms with Crippen LogP contribution in [0.3, 0.4) is 0 Å². The molecule has 1 aliphatic heterocycles. The fourth-order valence-electron chi connectivity index (χ4n) is 2.76. The van der Waals surface area contributed by atoms with Crippen LogP contribution in [-0.4, -0.2) is 40.7 Å². The number of ketones is 1. The van der Waals surface area contributed by atoms with Gasteiger partial charge >= 0.3 is 0 Å². The fourth-order valence-corrected chi connectivity index (χ4v) is 5.79. The van der Waals surface area contributed by atoms with E-state index < -0.39 is 0 Å². The van der Waals surface area contributed by atoms with E-state index in [9.17, 15) is 4.79 Å². The highest BCUT2D eigenvalue weighted by molar-refractivity contribution is 8.05. The lowest BCUT2D eigenvalue weighted by Crippen LogP contribution is -2.45. The van der Waals surface area contributed by atoms with Crippen molar-refractivity contribution in [2.24, 2.45) is 0 Å². The summed E-state index contributed by atoms with van der Waals surface area (Å²) in [5.41, 5.74) is 1.70. The number of benzene rings is 2. The van der Waals surface area contributed by atoms with E-state index in [1.54, 1.807) is 18.9 Å². The normalized spacial score (nSPS) is 20.0. The van der Waals surface area contributed by atoms with Crippen LogP contribution in [0.25, 0.3) is 0 Å². The van der Waals surface area contributed by atoms with Gasteiger partial charge in [-0.05, 0) is 25.1 Å². The van der Waals surface area contributed by atoms with E-state index in [-0.39, 0.29) is 10.7 Å². The number of thiocarbonyl (C=S) groups is 1. The van der Waals surface area contributed by atoms with E-state index in [4.69, 9.17) is 17.0 Å². The van der Waals surface area contributed by atoms with Crippen molar-refractivity contribution in [3.8, 4) is 5.75 Å². The maximum absolute atomic E-state index is 10.7. The van der Waals surface area contributed by atoms with Gasteiger partial charge in [-0.2, -0.15) is 0 Å². The van der Waals surface area contributed by atoms with Crippen molar-refractivity contribution in [1.29, 1.82) is 0 Å². The Bertz CT molecular complexity index is 787. The molecule has 2 aromatic carbocycles. The molecule has 2 aliphatic carbocycles. The van der Waals surface area contributed by atoms with E-state index >= 15 is 0 Å². The first-order valence-electron chi connectivity index (χ1n) is 8.36. The van der Waals surface area contributed by atoms with Gasteiger partial charge in [-0.25, -0.2) is 0 Å². The average molecular weight is 404 g/mol. The SMILES string of the molecule is COc1ccccc1SCC1(C(C)=S)NCCS1.O=C1c2cccc1c2. The predicted octanol–water partition coefficient (Wildman–Crippen LogP) is 4.44. The number of hydrogen-bond donors (Lipinski definition) is 1. The second-order valence-electron chi connectivity index (χ2n) is 6.01. The van der Waals surface area contributed by atoms with Crippen molar-refractivity contribution >= 4 is 46.4 Å². The Kier molecular flexibility index (Phi) is 6.40. The minimum Gasteiger partial charge on any atom is -0.496 e. The molecule has 3 aliphatic rings. The molecular formula is C20H21NO2S3. The van der Waals surface area contributed by atoms with Crippen LogP contribution < -0.4 is 10.1 Å². The van der Waals surface area contributed by atoms with Crippen LogP contribution in [0.5, 0.6) is 5.75 Å². The van der Waals surface area contributed by atoms with Crippen molar-refractivity contribution in [2.45, 2.75) is 16.7 Å². The van der Waals surface area contributed by atoms with Crippen LogP contribution in [0.4, 0.5) is 0 Å². The molecule has 0 aromatic heterocycles. The lowest BCUT2D eigenvalue weighted by molar-refractivity contribution is 0.102. The summed E-state index contributed by atoms with van der Waals surface area (Å²) in [6.07, 6.45) is 0. The van der Waals surface area contributed by atoms with Crippen molar-refractivity contribution in [3.05, 3.63) is 59.7 Å². The van der Waals surface area contributed by atoms with Gasteiger partial charge in [0, 0.05) is 38.9 Å². The zero-order chi connectivity index (χ0) is 18.6. The Labute approximate surface area is 168 Å². The molecule has 1 heterocycles. The smallest absolute Gasteiger partial charge is 0.193 e. The summed E-state index contributed by atoms with van der Waals surface area (Å²) in [6, 6.07) is 15.6. The van der Waals surface area contributed by atoms with E-state index in [0.717, 1.165) is 39.8 Å². The van der Waals surface area contributed by atoms with E-state index in [1.807, 2.05) is 61.2 Å². The first-order valence-corrected chi connectivity index (χ1v) is 10.7. The summed E-state index contributed by atoms with van der Waals surface area (Å²) in [7, 11) is 1.71.